The minimum Gasteiger partial charge on any atom is -0.382 e. The zero-order valence-electron chi connectivity index (χ0n) is 8.85. The van der Waals surface area contributed by atoms with Crippen LogP contribution in [0.5, 0.6) is 0 Å². The fraction of sp³-hybridized carbons (Fsp3) is 0. The molecule has 1 aromatic carbocycles. The van der Waals surface area contributed by atoms with Gasteiger partial charge in [-0.25, -0.2) is 13.8 Å². The third-order valence-electron chi connectivity index (χ3n) is 2.16. The van der Waals surface area contributed by atoms with Gasteiger partial charge in [-0.1, -0.05) is 29.3 Å². The summed E-state index contributed by atoms with van der Waals surface area (Å²) in [6, 6.07) is 5.08. The Kier molecular flexibility index (Phi) is 3.54. The molecule has 94 valence electrons. The van der Waals surface area contributed by atoms with Crippen LogP contribution in [0.15, 0.2) is 24.3 Å². The molecule has 0 atom stereocenters. The summed E-state index contributed by atoms with van der Waals surface area (Å²) in [5, 5.41) is 2.89. The van der Waals surface area contributed by atoms with Gasteiger partial charge >= 0.3 is 0 Å². The minimum atomic E-state index is -1.02. The molecule has 0 bridgehead atoms. The average molecular weight is 290 g/mol. The zero-order valence-corrected chi connectivity index (χ0v) is 10.4. The van der Waals surface area contributed by atoms with E-state index in [0.29, 0.717) is 0 Å². The van der Waals surface area contributed by atoms with Gasteiger partial charge in [-0.2, -0.15) is 0 Å². The molecule has 3 N–H and O–H groups in total. The molecule has 3 nitrogen and oxygen atoms in total. The van der Waals surface area contributed by atoms with Crippen molar-refractivity contribution in [2.45, 2.75) is 0 Å². The molecule has 0 unspecified atom stereocenters. The highest BCUT2D eigenvalue weighted by Gasteiger charge is 2.11. The van der Waals surface area contributed by atoms with E-state index >= 15 is 0 Å². The van der Waals surface area contributed by atoms with Crippen LogP contribution in [-0.4, -0.2) is 4.98 Å². The van der Waals surface area contributed by atoms with Crippen LogP contribution < -0.4 is 11.1 Å². The average Bonchev–Trinajstić information content (AvgIpc) is 2.32. The molecule has 18 heavy (non-hydrogen) atoms. The van der Waals surface area contributed by atoms with Crippen molar-refractivity contribution in [3.63, 3.8) is 0 Å². The Balaban J connectivity index is 2.40. The monoisotopic (exact) mass is 289 g/mol. The van der Waals surface area contributed by atoms with Gasteiger partial charge in [-0.15, -0.1) is 0 Å². The molecular weight excluding hydrogens is 283 g/mol. The van der Waals surface area contributed by atoms with E-state index in [0.717, 1.165) is 6.07 Å². The molecular formula is C11H7Cl2F2N3. The first-order valence-electron chi connectivity index (χ1n) is 4.81. The van der Waals surface area contributed by atoms with Gasteiger partial charge in [0.05, 0.1) is 15.7 Å². The Morgan fingerprint density at radius 3 is 2.61 bits per heavy atom. The van der Waals surface area contributed by atoms with Crippen LogP contribution in [-0.2, 0) is 0 Å². The molecule has 0 saturated heterocycles. The molecule has 0 radical (unpaired) electrons. The van der Waals surface area contributed by atoms with Crippen molar-refractivity contribution in [1.29, 1.82) is 0 Å². The molecule has 2 rings (SSSR count). The first-order valence-corrected chi connectivity index (χ1v) is 5.57. The molecule has 7 heteroatoms. The lowest BCUT2D eigenvalue weighted by atomic mass is 10.3. The maximum absolute atomic E-state index is 13.4. The van der Waals surface area contributed by atoms with Crippen molar-refractivity contribution in [3.05, 3.63) is 45.9 Å². The molecule has 2 aromatic rings. The number of anilines is 3. The summed E-state index contributed by atoms with van der Waals surface area (Å²) in [5.41, 5.74) is 5.41. The minimum absolute atomic E-state index is 0.0420. The second-order valence-electron chi connectivity index (χ2n) is 3.41. The molecule has 0 amide bonds. The Labute approximate surface area is 112 Å². The van der Waals surface area contributed by atoms with Crippen molar-refractivity contribution in [2.75, 3.05) is 11.1 Å². The maximum atomic E-state index is 13.4. The molecule has 0 spiro atoms. The second kappa shape index (κ2) is 4.96. The molecule has 1 heterocycles. The Morgan fingerprint density at radius 2 is 1.89 bits per heavy atom. The first kappa shape index (κ1) is 12.9. The third-order valence-corrected chi connectivity index (χ3v) is 2.75. The van der Waals surface area contributed by atoms with E-state index in [-0.39, 0.29) is 27.4 Å². The quantitative estimate of drug-likeness (QED) is 0.879. The predicted octanol–water partition coefficient (Wildman–Crippen LogP) is 3.99. The molecule has 0 saturated carbocycles. The van der Waals surface area contributed by atoms with Crippen LogP contribution in [0.2, 0.25) is 10.0 Å². The van der Waals surface area contributed by atoms with E-state index in [1.54, 1.807) is 0 Å². The number of halogens is 4. The summed E-state index contributed by atoms with van der Waals surface area (Å²) in [6.07, 6.45) is 0. The number of nitrogens with one attached hydrogen (secondary N) is 1. The highest BCUT2D eigenvalue weighted by atomic mass is 35.5. The van der Waals surface area contributed by atoms with Crippen LogP contribution in [0.25, 0.3) is 0 Å². The number of nitrogens with two attached hydrogens (primary N) is 1. The third kappa shape index (κ3) is 2.47. The van der Waals surface area contributed by atoms with E-state index in [2.05, 4.69) is 10.3 Å². The normalized spacial score (nSPS) is 10.4. The van der Waals surface area contributed by atoms with Crippen molar-refractivity contribution >= 4 is 40.5 Å². The lowest BCUT2D eigenvalue weighted by Crippen LogP contribution is -2.01. The lowest BCUT2D eigenvalue weighted by Gasteiger charge is -2.10. The Bertz CT molecular complexity index is 605. The van der Waals surface area contributed by atoms with Crippen LogP contribution >= 0.6 is 23.2 Å². The van der Waals surface area contributed by atoms with Crippen molar-refractivity contribution in [2.24, 2.45) is 0 Å². The van der Waals surface area contributed by atoms with E-state index < -0.39 is 11.6 Å². The fourth-order valence-electron chi connectivity index (χ4n) is 1.30. The van der Waals surface area contributed by atoms with Crippen LogP contribution in [0.3, 0.4) is 0 Å². The Hall–Kier alpha value is -1.59. The van der Waals surface area contributed by atoms with Crippen LogP contribution in [0.4, 0.5) is 26.1 Å². The van der Waals surface area contributed by atoms with Crippen molar-refractivity contribution in [1.82, 2.24) is 4.98 Å². The van der Waals surface area contributed by atoms with Gasteiger partial charge in [0.2, 0.25) is 0 Å². The first-order chi connectivity index (χ1) is 8.49. The van der Waals surface area contributed by atoms with Crippen molar-refractivity contribution in [3.8, 4) is 0 Å². The largest absolute Gasteiger partial charge is 0.382 e. The Morgan fingerprint density at radius 1 is 1.17 bits per heavy atom. The van der Waals surface area contributed by atoms with Gasteiger partial charge < -0.3 is 11.1 Å². The molecule has 0 aliphatic rings. The van der Waals surface area contributed by atoms with Gasteiger partial charge in [0.15, 0.2) is 17.5 Å². The van der Waals surface area contributed by atoms with Gasteiger partial charge in [0, 0.05) is 0 Å². The van der Waals surface area contributed by atoms with Gasteiger partial charge in [-0.3, -0.25) is 0 Å². The maximum Gasteiger partial charge on any atom is 0.182 e. The number of nitrogen functional groups attached to an aromatic ring is 1. The van der Waals surface area contributed by atoms with E-state index in [4.69, 9.17) is 28.9 Å². The van der Waals surface area contributed by atoms with Gasteiger partial charge in [0.1, 0.15) is 5.82 Å². The summed E-state index contributed by atoms with van der Waals surface area (Å²) < 4.78 is 26.4. The SMILES string of the molecule is Nc1nc(Nc2cccc(F)c2F)c(Cl)cc1Cl. The fourth-order valence-corrected chi connectivity index (χ4v) is 1.70. The van der Waals surface area contributed by atoms with E-state index in [9.17, 15) is 8.78 Å². The smallest absolute Gasteiger partial charge is 0.182 e. The van der Waals surface area contributed by atoms with E-state index in [1.165, 1.54) is 18.2 Å². The number of hydrogen-bond acceptors (Lipinski definition) is 3. The number of rotatable bonds is 2. The number of hydrogen-bond donors (Lipinski definition) is 2. The summed E-state index contributed by atoms with van der Waals surface area (Å²) in [7, 11) is 0. The van der Waals surface area contributed by atoms with Gasteiger partial charge in [0.25, 0.3) is 0 Å². The molecule has 0 aliphatic carbocycles. The summed E-state index contributed by atoms with van der Waals surface area (Å²) >= 11 is 11.6. The van der Waals surface area contributed by atoms with Gasteiger partial charge in [-0.05, 0) is 18.2 Å². The lowest BCUT2D eigenvalue weighted by molar-refractivity contribution is 0.511. The highest BCUT2D eigenvalue weighted by Crippen LogP contribution is 2.30. The zero-order chi connectivity index (χ0) is 13.3. The van der Waals surface area contributed by atoms with E-state index in [1.807, 2.05) is 0 Å². The highest BCUT2D eigenvalue weighted by molar-refractivity contribution is 6.37. The molecule has 1 aromatic heterocycles. The molecule has 0 fully saturated rings. The predicted molar refractivity (Wildman–Crippen MR) is 68.3 cm³/mol. The number of aromatic nitrogens is 1. The number of benzene rings is 1. The van der Waals surface area contributed by atoms with Crippen LogP contribution in [0, 0.1) is 11.6 Å². The molecule has 0 aliphatic heterocycles. The number of nitrogens with zero attached hydrogens (tertiary/aromatic N) is 1. The van der Waals surface area contributed by atoms with Crippen LogP contribution in [0.1, 0.15) is 0 Å². The summed E-state index contributed by atoms with van der Waals surface area (Å²) in [5.74, 6) is -1.86. The standard InChI is InChI=1S/C11H7Cl2F2N3/c12-5-4-6(13)11(18-10(5)16)17-8-3-1-2-7(14)9(8)15/h1-4H,(H3,16,17,18). The topological polar surface area (TPSA) is 50.9 Å². The second-order valence-corrected chi connectivity index (χ2v) is 4.23. The summed E-state index contributed by atoms with van der Waals surface area (Å²) in [4.78, 5) is 3.85. The number of pyridine rings is 1. The van der Waals surface area contributed by atoms with Crippen molar-refractivity contribution < 1.29 is 8.78 Å². The summed E-state index contributed by atoms with van der Waals surface area (Å²) in [6.45, 7) is 0.